The molecule has 0 saturated heterocycles. The van der Waals surface area contributed by atoms with Crippen molar-refractivity contribution in [3.63, 3.8) is 0 Å². The summed E-state index contributed by atoms with van der Waals surface area (Å²) in [5, 5.41) is 22.1. The third-order valence-electron chi connectivity index (χ3n) is 2.06. The number of nitro groups is 1. The van der Waals surface area contributed by atoms with E-state index in [0.717, 1.165) is 0 Å². The molecule has 0 unspecified atom stereocenters. The van der Waals surface area contributed by atoms with E-state index in [4.69, 9.17) is 10.9 Å². The molecule has 0 spiro atoms. The van der Waals surface area contributed by atoms with Crippen LogP contribution in [-0.4, -0.2) is 30.1 Å². The largest absolute Gasteiger partial charge is 0.409 e. The second-order valence-electron chi connectivity index (χ2n) is 3.34. The highest BCUT2D eigenvalue weighted by molar-refractivity contribution is 5.98. The molecule has 0 aliphatic heterocycles. The zero-order chi connectivity index (χ0) is 12.3. The van der Waals surface area contributed by atoms with Gasteiger partial charge < -0.3 is 15.8 Å². The lowest BCUT2D eigenvalue weighted by Crippen LogP contribution is -2.15. The molecule has 0 aliphatic rings. The summed E-state index contributed by atoms with van der Waals surface area (Å²) in [6.07, 6.45) is 0. The molecular formula is C9H12N4O3. The van der Waals surface area contributed by atoms with Gasteiger partial charge in [-0.05, 0) is 12.1 Å². The van der Waals surface area contributed by atoms with Gasteiger partial charge in [-0.2, -0.15) is 0 Å². The topological polar surface area (TPSA) is 105 Å². The van der Waals surface area contributed by atoms with Crippen molar-refractivity contribution in [1.82, 2.24) is 0 Å². The van der Waals surface area contributed by atoms with Crippen LogP contribution in [0.25, 0.3) is 0 Å². The Morgan fingerprint density at radius 2 is 2.19 bits per heavy atom. The molecule has 0 radical (unpaired) electrons. The molecule has 0 fully saturated rings. The van der Waals surface area contributed by atoms with Crippen LogP contribution in [0.4, 0.5) is 11.4 Å². The molecule has 7 heteroatoms. The smallest absolute Gasteiger partial charge is 0.293 e. The van der Waals surface area contributed by atoms with Crippen molar-refractivity contribution in [1.29, 1.82) is 0 Å². The number of nitro benzene ring substituents is 1. The Labute approximate surface area is 91.9 Å². The number of hydrogen-bond acceptors (Lipinski definition) is 5. The molecular weight excluding hydrogens is 212 g/mol. The van der Waals surface area contributed by atoms with Gasteiger partial charge in [0.05, 0.1) is 4.92 Å². The Morgan fingerprint density at radius 3 is 2.62 bits per heavy atom. The van der Waals surface area contributed by atoms with Crippen molar-refractivity contribution >= 4 is 17.2 Å². The van der Waals surface area contributed by atoms with E-state index in [1.807, 2.05) is 0 Å². The number of hydrogen-bond donors (Lipinski definition) is 2. The Bertz CT molecular complexity index is 442. The first-order valence-electron chi connectivity index (χ1n) is 4.41. The van der Waals surface area contributed by atoms with Crippen LogP contribution in [0.1, 0.15) is 5.56 Å². The summed E-state index contributed by atoms with van der Waals surface area (Å²) in [7, 11) is 3.40. The summed E-state index contributed by atoms with van der Waals surface area (Å²) in [4.78, 5) is 11.9. The standard InChI is InChI=1S/C9H12N4O3/c1-12(2)7-4-3-6(9(10)11-14)5-8(7)13(15)16/h3-5,14H,1-2H3,(H2,10,11). The fourth-order valence-corrected chi connectivity index (χ4v) is 1.26. The Hall–Kier alpha value is -2.31. The molecule has 0 amide bonds. The van der Waals surface area contributed by atoms with Gasteiger partial charge in [0.25, 0.3) is 5.69 Å². The molecule has 0 saturated carbocycles. The van der Waals surface area contributed by atoms with Gasteiger partial charge in [-0.1, -0.05) is 5.16 Å². The lowest BCUT2D eigenvalue weighted by atomic mass is 10.1. The van der Waals surface area contributed by atoms with Gasteiger partial charge in [0, 0.05) is 25.7 Å². The zero-order valence-electron chi connectivity index (χ0n) is 8.91. The average Bonchev–Trinajstić information content (AvgIpc) is 2.26. The van der Waals surface area contributed by atoms with Crippen LogP contribution >= 0.6 is 0 Å². The van der Waals surface area contributed by atoms with E-state index in [2.05, 4.69) is 5.16 Å². The normalized spacial score (nSPS) is 11.2. The van der Waals surface area contributed by atoms with Gasteiger partial charge >= 0.3 is 0 Å². The molecule has 0 aliphatic carbocycles. The van der Waals surface area contributed by atoms with Crippen molar-refractivity contribution in [3.8, 4) is 0 Å². The van der Waals surface area contributed by atoms with Gasteiger partial charge in [-0.25, -0.2) is 0 Å². The third kappa shape index (κ3) is 2.19. The number of nitrogens with two attached hydrogens (primary N) is 1. The third-order valence-corrected chi connectivity index (χ3v) is 2.06. The van der Waals surface area contributed by atoms with Gasteiger partial charge in [-0.3, -0.25) is 10.1 Å². The van der Waals surface area contributed by atoms with Gasteiger partial charge in [0.1, 0.15) is 5.69 Å². The van der Waals surface area contributed by atoms with Crippen molar-refractivity contribution in [2.75, 3.05) is 19.0 Å². The van der Waals surface area contributed by atoms with E-state index < -0.39 is 4.92 Å². The molecule has 0 heterocycles. The molecule has 0 bridgehead atoms. The van der Waals surface area contributed by atoms with Crippen LogP contribution in [0.15, 0.2) is 23.4 Å². The van der Waals surface area contributed by atoms with E-state index in [-0.39, 0.29) is 11.5 Å². The van der Waals surface area contributed by atoms with Crippen LogP contribution in [-0.2, 0) is 0 Å². The second-order valence-corrected chi connectivity index (χ2v) is 3.34. The van der Waals surface area contributed by atoms with Crippen molar-refractivity contribution < 1.29 is 10.1 Å². The molecule has 0 atom stereocenters. The van der Waals surface area contributed by atoms with Gasteiger partial charge in [-0.15, -0.1) is 0 Å². The number of amidine groups is 1. The van der Waals surface area contributed by atoms with Crippen LogP contribution < -0.4 is 10.6 Å². The summed E-state index contributed by atoms with van der Waals surface area (Å²) >= 11 is 0. The molecule has 86 valence electrons. The second kappa shape index (κ2) is 4.47. The Morgan fingerprint density at radius 1 is 1.56 bits per heavy atom. The van der Waals surface area contributed by atoms with Crippen molar-refractivity contribution in [2.45, 2.75) is 0 Å². The van der Waals surface area contributed by atoms with Crippen molar-refractivity contribution in [3.05, 3.63) is 33.9 Å². The first-order chi connectivity index (χ1) is 7.47. The number of nitrogens with zero attached hydrogens (tertiary/aromatic N) is 3. The highest BCUT2D eigenvalue weighted by atomic mass is 16.6. The van der Waals surface area contributed by atoms with Crippen LogP contribution in [0.5, 0.6) is 0 Å². The van der Waals surface area contributed by atoms with Crippen molar-refractivity contribution in [2.24, 2.45) is 10.9 Å². The maximum absolute atomic E-state index is 10.8. The maximum Gasteiger partial charge on any atom is 0.293 e. The minimum absolute atomic E-state index is 0.0888. The minimum Gasteiger partial charge on any atom is -0.409 e. The van der Waals surface area contributed by atoms with E-state index in [1.54, 1.807) is 31.1 Å². The quantitative estimate of drug-likeness (QED) is 0.259. The number of anilines is 1. The number of benzene rings is 1. The monoisotopic (exact) mass is 224 g/mol. The minimum atomic E-state index is -0.510. The van der Waals surface area contributed by atoms with Crippen LogP contribution in [0.3, 0.4) is 0 Å². The van der Waals surface area contributed by atoms with E-state index in [1.165, 1.54) is 6.07 Å². The predicted molar refractivity (Wildman–Crippen MR) is 59.9 cm³/mol. The van der Waals surface area contributed by atoms with Crippen LogP contribution in [0, 0.1) is 10.1 Å². The predicted octanol–water partition coefficient (Wildman–Crippen LogP) is 0.755. The Kier molecular flexibility index (Phi) is 3.29. The SMILES string of the molecule is CN(C)c1ccc(C(N)=NO)cc1[N+](=O)[O-]. The zero-order valence-corrected chi connectivity index (χ0v) is 8.91. The summed E-state index contributed by atoms with van der Waals surface area (Å²) in [5.41, 5.74) is 6.03. The molecule has 1 rings (SSSR count). The number of oxime groups is 1. The fraction of sp³-hybridized carbons (Fsp3) is 0.222. The highest BCUT2D eigenvalue weighted by Crippen LogP contribution is 2.27. The number of rotatable bonds is 3. The first-order valence-corrected chi connectivity index (χ1v) is 4.41. The molecule has 0 aromatic heterocycles. The van der Waals surface area contributed by atoms with E-state index in [0.29, 0.717) is 11.3 Å². The summed E-state index contributed by atoms with van der Waals surface area (Å²) in [5.74, 6) is -0.159. The highest BCUT2D eigenvalue weighted by Gasteiger charge is 2.17. The summed E-state index contributed by atoms with van der Waals surface area (Å²) < 4.78 is 0. The lowest BCUT2D eigenvalue weighted by Gasteiger charge is -2.13. The van der Waals surface area contributed by atoms with Gasteiger partial charge in [0.2, 0.25) is 0 Å². The average molecular weight is 224 g/mol. The summed E-state index contributed by atoms with van der Waals surface area (Å²) in [6, 6.07) is 4.37. The first kappa shape index (κ1) is 11.8. The molecule has 7 nitrogen and oxygen atoms in total. The summed E-state index contributed by atoms with van der Waals surface area (Å²) in [6.45, 7) is 0. The lowest BCUT2D eigenvalue weighted by molar-refractivity contribution is -0.384. The van der Waals surface area contributed by atoms with E-state index >= 15 is 0 Å². The molecule has 1 aromatic carbocycles. The molecule has 16 heavy (non-hydrogen) atoms. The Balaban J connectivity index is 3.34. The van der Waals surface area contributed by atoms with E-state index in [9.17, 15) is 10.1 Å². The van der Waals surface area contributed by atoms with Crippen LogP contribution in [0.2, 0.25) is 0 Å². The van der Waals surface area contributed by atoms with Gasteiger partial charge in [0.15, 0.2) is 5.84 Å². The maximum atomic E-state index is 10.8. The molecule has 3 N–H and O–H groups in total. The fourth-order valence-electron chi connectivity index (χ4n) is 1.26. The molecule has 1 aromatic rings.